The van der Waals surface area contributed by atoms with E-state index in [0.717, 1.165) is 4.57 Å². The SMILES string of the molecule is Cc1c(N)cn(CC(=O)NC(N)=O)c(=O)c1Br. The monoisotopic (exact) mass is 302 g/mol. The molecule has 17 heavy (non-hydrogen) atoms. The number of nitrogens with one attached hydrogen (secondary N) is 1. The number of nitrogens with zero attached hydrogens (tertiary/aromatic N) is 1. The Morgan fingerprint density at radius 2 is 2.12 bits per heavy atom. The number of carbonyl (C=O) groups excluding carboxylic acids is 2. The third kappa shape index (κ3) is 3.06. The van der Waals surface area contributed by atoms with Gasteiger partial charge in [-0.2, -0.15) is 0 Å². The Kier molecular flexibility index (Phi) is 3.89. The van der Waals surface area contributed by atoms with Gasteiger partial charge in [-0.05, 0) is 28.4 Å². The summed E-state index contributed by atoms with van der Waals surface area (Å²) in [4.78, 5) is 33.4. The summed E-state index contributed by atoms with van der Waals surface area (Å²) in [5, 5.41) is 1.86. The van der Waals surface area contributed by atoms with Gasteiger partial charge in [-0.25, -0.2) is 4.79 Å². The lowest BCUT2D eigenvalue weighted by atomic mass is 10.2. The van der Waals surface area contributed by atoms with E-state index in [1.807, 2.05) is 5.32 Å². The van der Waals surface area contributed by atoms with Crippen molar-refractivity contribution in [1.82, 2.24) is 9.88 Å². The van der Waals surface area contributed by atoms with Crippen LogP contribution in [0.25, 0.3) is 0 Å². The second-order valence-electron chi connectivity index (χ2n) is 3.37. The van der Waals surface area contributed by atoms with Crippen LogP contribution in [0, 0.1) is 6.92 Å². The minimum Gasteiger partial charge on any atom is -0.397 e. The van der Waals surface area contributed by atoms with E-state index in [1.165, 1.54) is 6.20 Å². The van der Waals surface area contributed by atoms with Crippen molar-refractivity contribution >= 4 is 33.6 Å². The van der Waals surface area contributed by atoms with Crippen molar-refractivity contribution < 1.29 is 9.59 Å². The first-order valence-electron chi connectivity index (χ1n) is 4.57. The predicted molar refractivity (Wildman–Crippen MR) is 65.3 cm³/mol. The minimum absolute atomic E-state index is 0.282. The third-order valence-electron chi connectivity index (χ3n) is 2.08. The summed E-state index contributed by atoms with van der Waals surface area (Å²) in [6.45, 7) is 1.35. The number of urea groups is 1. The van der Waals surface area contributed by atoms with E-state index in [2.05, 4.69) is 15.9 Å². The Morgan fingerprint density at radius 1 is 1.53 bits per heavy atom. The van der Waals surface area contributed by atoms with Crippen LogP contribution in [0.15, 0.2) is 15.5 Å². The molecule has 0 saturated carbocycles. The summed E-state index contributed by atoms with van der Waals surface area (Å²) in [7, 11) is 0. The summed E-state index contributed by atoms with van der Waals surface area (Å²) in [5.74, 6) is -0.685. The summed E-state index contributed by atoms with van der Waals surface area (Å²) in [6.07, 6.45) is 1.34. The number of carbonyl (C=O) groups is 2. The number of imide groups is 1. The molecule has 5 N–H and O–H groups in total. The van der Waals surface area contributed by atoms with Gasteiger partial charge in [0.05, 0.1) is 10.2 Å². The Hall–Kier alpha value is -1.83. The fourth-order valence-electron chi connectivity index (χ4n) is 1.19. The zero-order chi connectivity index (χ0) is 13.2. The van der Waals surface area contributed by atoms with Crippen molar-refractivity contribution in [2.24, 2.45) is 5.73 Å². The third-order valence-corrected chi connectivity index (χ3v) is 3.02. The largest absolute Gasteiger partial charge is 0.397 e. The van der Waals surface area contributed by atoms with E-state index < -0.39 is 17.5 Å². The zero-order valence-corrected chi connectivity index (χ0v) is 10.6. The predicted octanol–water partition coefficient (Wildman–Crippen LogP) is -0.304. The van der Waals surface area contributed by atoms with E-state index >= 15 is 0 Å². The van der Waals surface area contributed by atoms with Gasteiger partial charge in [0, 0.05) is 6.20 Å². The highest BCUT2D eigenvalue weighted by atomic mass is 79.9. The van der Waals surface area contributed by atoms with Crippen LogP contribution in [0.5, 0.6) is 0 Å². The first-order valence-corrected chi connectivity index (χ1v) is 5.36. The summed E-state index contributed by atoms with van der Waals surface area (Å²) >= 11 is 3.08. The van der Waals surface area contributed by atoms with Gasteiger partial charge in [-0.15, -0.1) is 0 Å². The van der Waals surface area contributed by atoms with Gasteiger partial charge in [0.25, 0.3) is 5.56 Å². The van der Waals surface area contributed by atoms with Gasteiger partial charge in [-0.3, -0.25) is 14.9 Å². The molecule has 0 bridgehead atoms. The van der Waals surface area contributed by atoms with E-state index in [-0.39, 0.29) is 11.0 Å². The number of anilines is 1. The summed E-state index contributed by atoms with van der Waals surface area (Å²) in [6, 6.07) is -0.970. The maximum absolute atomic E-state index is 11.7. The van der Waals surface area contributed by atoms with Crippen LogP contribution in [0.4, 0.5) is 10.5 Å². The van der Waals surface area contributed by atoms with Gasteiger partial charge in [0.15, 0.2) is 0 Å². The molecule has 92 valence electrons. The highest BCUT2D eigenvalue weighted by Crippen LogP contribution is 2.16. The number of aromatic nitrogens is 1. The summed E-state index contributed by atoms with van der Waals surface area (Å²) in [5.41, 5.74) is 11.0. The maximum atomic E-state index is 11.7. The molecule has 0 radical (unpaired) electrons. The number of nitrogens with two attached hydrogens (primary N) is 2. The average molecular weight is 303 g/mol. The molecule has 0 aliphatic heterocycles. The fourth-order valence-corrected chi connectivity index (χ4v) is 1.64. The Morgan fingerprint density at radius 3 is 2.65 bits per heavy atom. The molecule has 1 heterocycles. The highest BCUT2D eigenvalue weighted by Gasteiger charge is 2.11. The molecule has 0 saturated heterocycles. The quantitative estimate of drug-likeness (QED) is 0.694. The van der Waals surface area contributed by atoms with Crippen LogP contribution in [-0.2, 0) is 11.3 Å². The maximum Gasteiger partial charge on any atom is 0.318 e. The number of rotatable bonds is 2. The number of pyridine rings is 1. The van der Waals surface area contributed by atoms with Gasteiger partial charge in [-0.1, -0.05) is 0 Å². The molecular formula is C9H11BrN4O3. The molecule has 8 heteroatoms. The topological polar surface area (TPSA) is 120 Å². The van der Waals surface area contributed by atoms with Crippen molar-refractivity contribution in [1.29, 1.82) is 0 Å². The first kappa shape index (κ1) is 13.2. The fraction of sp³-hybridized carbons (Fsp3) is 0.222. The van der Waals surface area contributed by atoms with Crippen molar-refractivity contribution in [2.45, 2.75) is 13.5 Å². The molecule has 1 aromatic heterocycles. The van der Waals surface area contributed by atoms with Crippen LogP contribution in [0.2, 0.25) is 0 Å². The number of hydrogen-bond acceptors (Lipinski definition) is 4. The standard InChI is InChI=1S/C9H11BrN4O3/c1-4-5(11)2-14(8(16)7(4)10)3-6(15)13-9(12)17/h2H,3,11H2,1H3,(H3,12,13,15,17). The molecule has 1 rings (SSSR count). The molecule has 1 aromatic rings. The minimum atomic E-state index is -0.970. The van der Waals surface area contributed by atoms with Crippen molar-refractivity contribution in [2.75, 3.05) is 5.73 Å². The Bertz CT molecular complexity index is 538. The average Bonchev–Trinajstić information content (AvgIpc) is 2.21. The lowest BCUT2D eigenvalue weighted by Crippen LogP contribution is -2.39. The van der Waals surface area contributed by atoms with Crippen LogP contribution < -0.4 is 22.3 Å². The number of halogens is 1. The molecule has 0 aromatic carbocycles. The van der Waals surface area contributed by atoms with Gasteiger partial charge >= 0.3 is 6.03 Å². The number of nitrogen functional groups attached to an aromatic ring is 1. The van der Waals surface area contributed by atoms with Crippen molar-refractivity contribution in [3.63, 3.8) is 0 Å². The van der Waals surface area contributed by atoms with Crippen LogP contribution >= 0.6 is 15.9 Å². The van der Waals surface area contributed by atoms with Crippen LogP contribution in [0.3, 0.4) is 0 Å². The highest BCUT2D eigenvalue weighted by molar-refractivity contribution is 9.10. The molecule has 3 amide bonds. The van der Waals surface area contributed by atoms with Gasteiger partial charge in [0.1, 0.15) is 6.54 Å². The lowest BCUT2D eigenvalue weighted by molar-refractivity contribution is -0.120. The molecular weight excluding hydrogens is 292 g/mol. The Balaban J connectivity index is 3.05. The second kappa shape index (κ2) is 5.00. The second-order valence-corrected chi connectivity index (χ2v) is 4.16. The van der Waals surface area contributed by atoms with E-state index in [1.54, 1.807) is 6.92 Å². The number of amides is 3. The smallest absolute Gasteiger partial charge is 0.318 e. The molecule has 0 unspecified atom stereocenters. The summed E-state index contributed by atoms with van der Waals surface area (Å²) < 4.78 is 1.37. The molecule has 0 aliphatic carbocycles. The Labute approximate surface area is 105 Å². The number of primary amides is 1. The number of hydrogen-bond donors (Lipinski definition) is 3. The van der Waals surface area contributed by atoms with Crippen LogP contribution in [-0.4, -0.2) is 16.5 Å². The van der Waals surface area contributed by atoms with Gasteiger partial charge < -0.3 is 16.0 Å². The first-order chi connectivity index (χ1) is 7.82. The van der Waals surface area contributed by atoms with Crippen LogP contribution in [0.1, 0.15) is 5.56 Å². The molecule has 0 atom stereocenters. The van der Waals surface area contributed by atoms with Gasteiger partial charge in [0.2, 0.25) is 5.91 Å². The lowest BCUT2D eigenvalue weighted by Gasteiger charge is -2.09. The zero-order valence-electron chi connectivity index (χ0n) is 8.99. The van der Waals surface area contributed by atoms with Crippen molar-refractivity contribution in [3.05, 3.63) is 26.6 Å². The van der Waals surface area contributed by atoms with E-state index in [0.29, 0.717) is 11.3 Å². The normalized spacial score (nSPS) is 10.0. The van der Waals surface area contributed by atoms with E-state index in [9.17, 15) is 14.4 Å². The molecule has 7 nitrogen and oxygen atoms in total. The van der Waals surface area contributed by atoms with Crippen molar-refractivity contribution in [3.8, 4) is 0 Å². The van der Waals surface area contributed by atoms with E-state index in [4.69, 9.17) is 11.5 Å². The molecule has 0 spiro atoms. The molecule has 0 fully saturated rings. The molecule has 0 aliphatic rings.